The first-order chi connectivity index (χ1) is 8.97. The number of carbonyl (C=O) groups is 1. The van der Waals surface area contributed by atoms with Crippen LogP contribution < -0.4 is 0 Å². The van der Waals surface area contributed by atoms with Crippen LogP contribution >= 0.6 is 11.6 Å². The molecule has 1 aromatic rings. The first kappa shape index (κ1) is 14.4. The number of nitrogens with zero attached hydrogens (tertiary/aromatic N) is 1. The molecule has 0 saturated carbocycles. The fourth-order valence-corrected chi connectivity index (χ4v) is 3.07. The summed E-state index contributed by atoms with van der Waals surface area (Å²) >= 11 is 5.87. The summed E-state index contributed by atoms with van der Waals surface area (Å²) in [5.41, 5.74) is 4.06. The maximum atomic E-state index is 11.8. The molecule has 1 amide bonds. The Morgan fingerprint density at radius 2 is 1.74 bits per heavy atom. The first-order valence-corrected chi connectivity index (χ1v) is 7.42. The molecule has 1 aliphatic heterocycles. The van der Waals surface area contributed by atoms with E-state index in [2.05, 4.69) is 32.0 Å². The van der Waals surface area contributed by atoms with Crippen LogP contribution in [0.5, 0.6) is 0 Å². The number of halogens is 1. The third kappa shape index (κ3) is 3.50. The Kier molecular flexibility index (Phi) is 4.51. The minimum absolute atomic E-state index is 0.0699. The minimum atomic E-state index is -0.405. The van der Waals surface area contributed by atoms with Crippen molar-refractivity contribution in [2.75, 3.05) is 13.1 Å². The van der Waals surface area contributed by atoms with Gasteiger partial charge in [0.2, 0.25) is 5.91 Å². The zero-order valence-electron chi connectivity index (χ0n) is 11.9. The second-order valence-electron chi connectivity index (χ2n) is 5.64. The van der Waals surface area contributed by atoms with E-state index >= 15 is 0 Å². The molecule has 2 nitrogen and oxygen atoms in total. The number of piperidine rings is 1. The second kappa shape index (κ2) is 5.96. The Morgan fingerprint density at radius 1 is 1.21 bits per heavy atom. The molecular weight excluding hydrogens is 258 g/mol. The van der Waals surface area contributed by atoms with Gasteiger partial charge in [0.15, 0.2) is 0 Å². The summed E-state index contributed by atoms with van der Waals surface area (Å²) in [5, 5.41) is -0.405. The fraction of sp³-hybridized carbons (Fsp3) is 0.562. The SMILES string of the molecule is Cc1cc(C)cc(C2CCN(C(=O)C(C)Cl)CC2)c1. The summed E-state index contributed by atoms with van der Waals surface area (Å²) in [6.45, 7) is 7.69. The highest BCUT2D eigenvalue weighted by Crippen LogP contribution is 2.29. The maximum absolute atomic E-state index is 11.8. The van der Waals surface area contributed by atoms with Gasteiger partial charge in [-0.3, -0.25) is 4.79 Å². The largest absolute Gasteiger partial charge is 0.341 e. The molecule has 0 bridgehead atoms. The number of likely N-dealkylation sites (tertiary alicyclic amines) is 1. The van der Waals surface area contributed by atoms with Gasteiger partial charge in [0, 0.05) is 13.1 Å². The lowest BCUT2D eigenvalue weighted by atomic mass is 9.87. The molecule has 1 aromatic carbocycles. The van der Waals surface area contributed by atoms with Gasteiger partial charge < -0.3 is 4.90 Å². The molecule has 0 aliphatic carbocycles. The molecule has 1 saturated heterocycles. The van der Waals surface area contributed by atoms with Gasteiger partial charge in [-0.05, 0) is 45.1 Å². The van der Waals surface area contributed by atoms with E-state index in [-0.39, 0.29) is 5.91 Å². The van der Waals surface area contributed by atoms with Gasteiger partial charge in [-0.15, -0.1) is 11.6 Å². The predicted molar refractivity (Wildman–Crippen MR) is 79.8 cm³/mol. The molecule has 1 aliphatic rings. The number of hydrogen-bond acceptors (Lipinski definition) is 1. The van der Waals surface area contributed by atoms with Gasteiger partial charge in [-0.2, -0.15) is 0 Å². The van der Waals surface area contributed by atoms with E-state index in [1.165, 1.54) is 16.7 Å². The van der Waals surface area contributed by atoms with Crippen LogP contribution in [0.3, 0.4) is 0 Å². The topological polar surface area (TPSA) is 20.3 Å². The van der Waals surface area contributed by atoms with Crippen LogP contribution in [0, 0.1) is 13.8 Å². The highest BCUT2D eigenvalue weighted by Gasteiger charge is 2.25. The molecule has 3 heteroatoms. The van der Waals surface area contributed by atoms with Gasteiger partial charge in [-0.25, -0.2) is 0 Å². The maximum Gasteiger partial charge on any atom is 0.240 e. The molecule has 1 fully saturated rings. The van der Waals surface area contributed by atoms with E-state index < -0.39 is 5.38 Å². The summed E-state index contributed by atoms with van der Waals surface area (Å²) < 4.78 is 0. The molecular formula is C16H22ClNO. The van der Waals surface area contributed by atoms with E-state index in [0.29, 0.717) is 5.92 Å². The van der Waals surface area contributed by atoms with Gasteiger partial charge >= 0.3 is 0 Å². The third-order valence-corrected chi connectivity index (χ3v) is 4.05. The Morgan fingerprint density at radius 3 is 2.21 bits per heavy atom. The Hall–Kier alpha value is -1.02. The Balaban J connectivity index is 2.01. The van der Waals surface area contributed by atoms with E-state index in [0.717, 1.165) is 25.9 Å². The van der Waals surface area contributed by atoms with Crippen molar-refractivity contribution in [3.8, 4) is 0 Å². The van der Waals surface area contributed by atoms with Crippen LogP contribution in [0.15, 0.2) is 18.2 Å². The van der Waals surface area contributed by atoms with Crippen molar-refractivity contribution in [1.29, 1.82) is 0 Å². The van der Waals surface area contributed by atoms with Crippen LogP contribution in [0.4, 0.5) is 0 Å². The number of alkyl halides is 1. The van der Waals surface area contributed by atoms with Crippen molar-refractivity contribution >= 4 is 17.5 Å². The smallest absolute Gasteiger partial charge is 0.240 e. The molecule has 1 heterocycles. The van der Waals surface area contributed by atoms with Crippen LogP contribution in [-0.2, 0) is 4.79 Å². The zero-order chi connectivity index (χ0) is 14.0. The Bertz CT molecular complexity index is 442. The predicted octanol–water partition coefficient (Wildman–Crippen LogP) is 3.64. The summed E-state index contributed by atoms with van der Waals surface area (Å²) in [7, 11) is 0. The number of hydrogen-bond donors (Lipinski definition) is 0. The average Bonchev–Trinajstić information content (AvgIpc) is 2.37. The molecule has 1 atom stereocenters. The van der Waals surface area contributed by atoms with Crippen LogP contribution in [-0.4, -0.2) is 29.3 Å². The van der Waals surface area contributed by atoms with Crippen molar-refractivity contribution in [3.63, 3.8) is 0 Å². The molecule has 0 radical (unpaired) electrons. The number of aryl methyl sites for hydroxylation is 2. The molecule has 0 spiro atoms. The highest BCUT2D eigenvalue weighted by molar-refractivity contribution is 6.30. The summed E-state index contributed by atoms with van der Waals surface area (Å²) in [6, 6.07) is 6.76. The lowest BCUT2D eigenvalue weighted by Gasteiger charge is -2.33. The fourth-order valence-electron chi connectivity index (χ4n) is 2.93. The van der Waals surface area contributed by atoms with Crippen molar-refractivity contribution in [2.24, 2.45) is 0 Å². The summed E-state index contributed by atoms with van der Waals surface area (Å²) in [4.78, 5) is 13.7. The molecule has 0 aromatic heterocycles. The van der Waals surface area contributed by atoms with E-state index in [9.17, 15) is 4.79 Å². The van der Waals surface area contributed by atoms with Gasteiger partial charge in [-0.1, -0.05) is 29.3 Å². The molecule has 19 heavy (non-hydrogen) atoms. The van der Waals surface area contributed by atoms with E-state index in [1.54, 1.807) is 6.92 Å². The van der Waals surface area contributed by atoms with Crippen LogP contribution in [0.1, 0.15) is 42.4 Å². The zero-order valence-corrected chi connectivity index (χ0v) is 12.7. The van der Waals surface area contributed by atoms with E-state index in [1.807, 2.05) is 4.90 Å². The second-order valence-corrected chi connectivity index (χ2v) is 6.29. The lowest BCUT2D eigenvalue weighted by molar-refractivity contribution is -0.131. The van der Waals surface area contributed by atoms with Crippen molar-refractivity contribution < 1.29 is 4.79 Å². The van der Waals surface area contributed by atoms with Crippen molar-refractivity contribution in [1.82, 2.24) is 4.90 Å². The highest BCUT2D eigenvalue weighted by atomic mass is 35.5. The number of rotatable bonds is 2. The number of amides is 1. The summed E-state index contributed by atoms with van der Waals surface area (Å²) in [5.74, 6) is 0.647. The lowest BCUT2D eigenvalue weighted by Crippen LogP contribution is -2.41. The number of carbonyl (C=O) groups excluding carboxylic acids is 1. The minimum Gasteiger partial charge on any atom is -0.341 e. The third-order valence-electron chi connectivity index (χ3n) is 3.86. The van der Waals surface area contributed by atoms with Crippen molar-refractivity contribution in [3.05, 3.63) is 34.9 Å². The quantitative estimate of drug-likeness (QED) is 0.757. The molecule has 2 rings (SSSR count). The Labute approximate surface area is 120 Å². The molecule has 0 N–H and O–H groups in total. The number of benzene rings is 1. The molecule has 104 valence electrons. The standard InChI is InChI=1S/C16H22ClNO/c1-11-8-12(2)10-15(9-11)14-4-6-18(7-5-14)16(19)13(3)17/h8-10,13-14H,4-7H2,1-3H3. The normalized spacial score (nSPS) is 18.4. The average molecular weight is 280 g/mol. The first-order valence-electron chi connectivity index (χ1n) is 6.98. The van der Waals surface area contributed by atoms with Gasteiger partial charge in [0.1, 0.15) is 5.38 Å². The van der Waals surface area contributed by atoms with E-state index in [4.69, 9.17) is 11.6 Å². The van der Waals surface area contributed by atoms with Gasteiger partial charge in [0.25, 0.3) is 0 Å². The monoisotopic (exact) mass is 279 g/mol. The summed E-state index contributed by atoms with van der Waals surface area (Å²) in [6.07, 6.45) is 2.08. The van der Waals surface area contributed by atoms with Crippen LogP contribution in [0.2, 0.25) is 0 Å². The van der Waals surface area contributed by atoms with Crippen molar-refractivity contribution in [2.45, 2.75) is 44.9 Å². The molecule has 1 unspecified atom stereocenters. The van der Waals surface area contributed by atoms with Crippen LogP contribution in [0.25, 0.3) is 0 Å². The van der Waals surface area contributed by atoms with Gasteiger partial charge in [0.05, 0.1) is 0 Å².